The summed E-state index contributed by atoms with van der Waals surface area (Å²) < 4.78 is 0. The van der Waals surface area contributed by atoms with E-state index in [4.69, 9.17) is 7.85 Å². The summed E-state index contributed by atoms with van der Waals surface area (Å²) in [6.07, 6.45) is 4.99. The van der Waals surface area contributed by atoms with E-state index in [1.54, 1.807) is 0 Å². The van der Waals surface area contributed by atoms with E-state index >= 15 is 0 Å². The van der Waals surface area contributed by atoms with Crippen molar-refractivity contribution in [2.75, 3.05) is 0 Å². The van der Waals surface area contributed by atoms with Crippen LogP contribution in [0, 0.1) is 0 Å². The second kappa shape index (κ2) is 2.39. The van der Waals surface area contributed by atoms with E-state index in [0.717, 1.165) is 11.9 Å². The Morgan fingerprint density at radius 2 is 1.88 bits per heavy atom. The first-order valence-electron chi connectivity index (χ1n) is 3.25. The van der Waals surface area contributed by atoms with E-state index in [0.29, 0.717) is 0 Å². The SMILES string of the molecule is [B]C1=C(C)CCCC1. The molecule has 0 saturated heterocycles. The minimum atomic E-state index is 1.13. The highest BCUT2D eigenvalue weighted by Gasteiger charge is 2.02. The Morgan fingerprint density at radius 1 is 1.25 bits per heavy atom. The fourth-order valence-electron chi connectivity index (χ4n) is 1.08. The zero-order valence-electron chi connectivity index (χ0n) is 5.41. The van der Waals surface area contributed by atoms with Crippen LogP contribution >= 0.6 is 0 Å². The highest BCUT2D eigenvalue weighted by atomic mass is 14.1. The molecule has 0 unspecified atom stereocenters. The van der Waals surface area contributed by atoms with Crippen LogP contribution in [-0.4, -0.2) is 7.85 Å². The predicted molar refractivity (Wildman–Crippen MR) is 36.9 cm³/mol. The van der Waals surface area contributed by atoms with Crippen molar-refractivity contribution in [2.45, 2.75) is 32.6 Å². The Hall–Kier alpha value is -0.195. The van der Waals surface area contributed by atoms with E-state index in [1.165, 1.54) is 24.8 Å². The van der Waals surface area contributed by atoms with Gasteiger partial charge in [-0.2, -0.15) is 0 Å². The molecular formula is C7H11B. The normalized spacial score (nSPS) is 21.6. The van der Waals surface area contributed by atoms with Crippen molar-refractivity contribution in [3.63, 3.8) is 0 Å². The van der Waals surface area contributed by atoms with Gasteiger partial charge in [0.25, 0.3) is 0 Å². The molecule has 0 atom stereocenters. The number of hydrogen-bond acceptors (Lipinski definition) is 0. The summed E-state index contributed by atoms with van der Waals surface area (Å²) in [7, 11) is 5.66. The number of allylic oxidation sites excluding steroid dienone is 2. The van der Waals surface area contributed by atoms with Gasteiger partial charge in [0.15, 0.2) is 0 Å². The van der Waals surface area contributed by atoms with Gasteiger partial charge in [0.1, 0.15) is 7.85 Å². The number of rotatable bonds is 0. The van der Waals surface area contributed by atoms with Crippen molar-refractivity contribution >= 4 is 7.85 Å². The maximum Gasteiger partial charge on any atom is 0.107 e. The lowest BCUT2D eigenvalue weighted by atomic mass is 9.81. The van der Waals surface area contributed by atoms with Gasteiger partial charge < -0.3 is 0 Å². The first-order valence-corrected chi connectivity index (χ1v) is 3.25. The van der Waals surface area contributed by atoms with Crippen LogP contribution in [0.15, 0.2) is 11.0 Å². The fraction of sp³-hybridized carbons (Fsp3) is 0.714. The van der Waals surface area contributed by atoms with Gasteiger partial charge in [0.05, 0.1) is 0 Å². The summed E-state index contributed by atoms with van der Waals surface area (Å²) in [4.78, 5) is 0. The van der Waals surface area contributed by atoms with Crippen LogP contribution in [0.5, 0.6) is 0 Å². The molecule has 0 heterocycles. The quantitative estimate of drug-likeness (QED) is 0.414. The smallest absolute Gasteiger partial charge is 0.107 e. The summed E-state index contributed by atoms with van der Waals surface area (Å²) in [5, 5.41) is 0. The first-order chi connectivity index (χ1) is 3.80. The summed E-state index contributed by atoms with van der Waals surface area (Å²) in [5.41, 5.74) is 2.55. The Bertz CT molecular complexity index is 99.6. The topological polar surface area (TPSA) is 0 Å². The molecule has 0 N–H and O–H groups in total. The van der Waals surface area contributed by atoms with Crippen molar-refractivity contribution in [3.8, 4) is 0 Å². The lowest BCUT2D eigenvalue weighted by molar-refractivity contribution is 0.693. The summed E-state index contributed by atoms with van der Waals surface area (Å²) in [6, 6.07) is 0. The van der Waals surface area contributed by atoms with Crippen LogP contribution in [0.4, 0.5) is 0 Å². The fourth-order valence-corrected chi connectivity index (χ4v) is 1.08. The molecule has 2 radical (unpaired) electrons. The van der Waals surface area contributed by atoms with Gasteiger partial charge in [-0.1, -0.05) is 12.0 Å². The predicted octanol–water partition coefficient (Wildman–Crippen LogP) is 2.00. The Labute approximate surface area is 52.4 Å². The van der Waals surface area contributed by atoms with Gasteiger partial charge in [0.2, 0.25) is 0 Å². The molecule has 0 amide bonds. The molecule has 0 saturated carbocycles. The van der Waals surface area contributed by atoms with E-state index in [-0.39, 0.29) is 0 Å². The second-order valence-corrected chi connectivity index (χ2v) is 2.51. The highest BCUT2D eigenvalue weighted by molar-refractivity contribution is 6.22. The zero-order chi connectivity index (χ0) is 5.98. The molecular weight excluding hydrogens is 94.9 g/mol. The molecule has 1 aliphatic rings. The lowest BCUT2D eigenvalue weighted by Crippen LogP contribution is -1.95. The standard InChI is InChI=1S/C7H11B/c1-6-4-2-3-5-7(6)8/h2-5H2,1H3. The largest absolute Gasteiger partial charge is 0.119 e. The summed E-state index contributed by atoms with van der Waals surface area (Å²) >= 11 is 0. The molecule has 1 aliphatic carbocycles. The average Bonchev–Trinajstić information content (AvgIpc) is 1.77. The second-order valence-electron chi connectivity index (χ2n) is 2.51. The highest BCUT2D eigenvalue weighted by Crippen LogP contribution is 2.21. The molecule has 0 bridgehead atoms. The third-order valence-corrected chi connectivity index (χ3v) is 1.80. The summed E-state index contributed by atoms with van der Waals surface area (Å²) in [6.45, 7) is 2.13. The molecule has 1 rings (SSSR count). The minimum absolute atomic E-state index is 1.13. The molecule has 0 nitrogen and oxygen atoms in total. The third kappa shape index (κ3) is 1.15. The third-order valence-electron chi connectivity index (χ3n) is 1.80. The van der Waals surface area contributed by atoms with E-state index < -0.39 is 0 Å². The first kappa shape index (κ1) is 5.93. The molecule has 0 aromatic heterocycles. The zero-order valence-corrected chi connectivity index (χ0v) is 5.41. The maximum atomic E-state index is 5.66. The monoisotopic (exact) mass is 106 g/mol. The molecule has 0 aromatic rings. The van der Waals surface area contributed by atoms with Crippen molar-refractivity contribution in [3.05, 3.63) is 11.0 Å². The van der Waals surface area contributed by atoms with Gasteiger partial charge in [-0.3, -0.25) is 0 Å². The van der Waals surface area contributed by atoms with Crippen LogP contribution in [0.25, 0.3) is 0 Å². The van der Waals surface area contributed by atoms with Gasteiger partial charge in [-0.05, 0) is 26.2 Å². The lowest BCUT2D eigenvalue weighted by Gasteiger charge is -2.13. The van der Waals surface area contributed by atoms with E-state index in [9.17, 15) is 0 Å². The van der Waals surface area contributed by atoms with Gasteiger partial charge >= 0.3 is 0 Å². The van der Waals surface area contributed by atoms with Crippen molar-refractivity contribution < 1.29 is 0 Å². The molecule has 0 aliphatic heterocycles. The molecule has 42 valence electrons. The van der Waals surface area contributed by atoms with Crippen LogP contribution in [0.2, 0.25) is 0 Å². The van der Waals surface area contributed by atoms with Gasteiger partial charge in [-0.25, -0.2) is 0 Å². The Morgan fingerprint density at radius 3 is 2.25 bits per heavy atom. The molecule has 0 aromatic carbocycles. The van der Waals surface area contributed by atoms with Crippen LogP contribution in [0.1, 0.15) is 32.6 Å². The molecule has 0 spiro atoms. The minimum Gasteiger partial charge on any atom is -0.119 e. The van der Waals surface area contributed by atoms with Crippen molar-refractivity contribution in [1.29, 1.82) is 0 Å². The average molecular weight is 106 g/mol. The van der Waals surface area contributed by atoms with Gasteiger partial charge in [-0.15, -0.1) is 5.47 Å². The Balaban J connectivity index is 2.60. The van der Waals surface area contributed by atoms with E-state index in [1.807, 2.05) is 0 Å². The van der Waals surface area contributed by atoms with Crippen LogP contribution in [0.3, 0.4) is 0 Å². The maximum absolute atomic E-state index is 5.66. The Kier molecular flexibility index (Phi) is 1.77. The number of hydrogen-bond donors (Lipinski definition) is 0. The van der Waals surface area contributed by atoms with E-state index in [2.05, 4.69) is 6.92 Å². The molecule has 8 heavy (non-hydrogen) atoms. The van der Waals surface area contributed by atoms with Crippen LogP contribution < -0.4 is 0 Å². The summed E-state index contributed by atoms with van der Waals surface area (Å²) in [5.74, 6) is 0. The van der Waals surface area contributed by atoms with Crippen LogP contribution in [-0.2, 0) is 0 Å². The van der Waals surface area contributed by atoms with Crippen molar-refractivity contribution in [1.82, 2.24) is 0 Å². The van der Waals surface area contributed by atoms with Gasteiger partial charge in [0, 0.05) is 0 Å². The molecule has 1 heteroatoms. The van der Waals surface area contributed by atoms with Crippen molar-refractivity contribution in [2.24, 2.45) is 0 Å². The molecule has 0 fully saturated rings.